The number of aliphatic carboxylic acids is 1. The zero-order valence-electron chi connectivity index (χ0n) is 17.4. The van der Waals surface area contributed by atoms with Crippen LogP contribution in [0.1, 0.15) is 122 Å². The molecule has 0 heterocycles. The van der Waals surface area contributed by atoms with Gasteiger partial charge in [0.25, 0.3) is 0 Å². The average molecular weight is 365 g/mol. The highest BCUT2D eigenvalue weighted by molar-refractivity contribution is 5.66. The molecule has 152 valence electrons. The van der Waals surface area contributed by atoms with Gasteiger partial charge in [0.15, 0.2) is 0 Å². The van der Waals surface area contributed by atoms with Gasteiger partial charge in [-0.15, -0.1) is 0 Å². The topological polar surface area (TPSA) is 37.3 Å². The van der Waals surface area contributed by atoms with Gasteiger partial charge < -0.3 is 5.11 Å². The molecule has 0 aliphatic carbocycles. The first-order valence-electron chi connectivity index (χ1n) is 11.3. The molecule has 0 aliphatic rings. The van der Waals surface area contributed by atoms with Crippen LogP contribution in [-0.2, 0) is 4.79 Å². The van der Waals surface area contributed by atoms with Crippen LogP contribution >= 0.6 is 0 Å². The predicted molar refractivity (Wildman–Crippen MR) is 115 cm³/mol. The van der Waals surface area contributed by atoms with E-state index in [1.54, 1.807) is 0 Å². The Kier molecular flexibility index (Phi) is 21.1. The first kappa shape index (κ1) is 24.9. The van der Waals surface area contributed by atoms with Crippen LogP contribution in [0.5, 0.6) is 0 Å². The van der Waals surface area contributed by atoms with Gasteiger partial charge in [-0.2, -0.15) is 0 Å². The summed E-state index contributed by atoms with van der Waals surface area (Å²) >= 11 is 0. The van der Waals surface area contributed by atoms with Crippen LogP contribution < -0.4 is 0 Å². The molecule has 0 fully saturated rings. The largest absolute Gasteiger partial charge is 0.481 e. The number of hydrogen-bond acceptors (Lipinski definition) is 1. The van der Waals surface area contributed by atoms with Gasteiger partial charge in [0.1, 0.15) is 0 Å². The van der Waals surface area contributed by atoms with Crippen LogP contribution in [-0.4, -0.2) is 11.1 Å². The summed E-state index contributed by atoms with van der Waals surface area (Å²) in [5.74, 6) is -0.711. The van der Waals surface area contributed by atoms with E-state index in [2.05, 4.69) is 25.2 Å². The van der Waals surface area contributed by atoms with Crippen molar-refractivity contribution in [1.82, 2.24) is 0 Å². The van der Waals surface area contributed by atoms with Crippen LogP contribution in [0.3, 0.4) is 0 Å². The number of carboxylic acid groups (broad SMARTS) is 1. The Hall–Kier alpha value is -1.05. The lowest BCUT2D eigenvalue weighted by atomic mass is 10.1. The normalized spacial score (nSPS) is 11.7. The van der Waals surface area contributed by atoms with Gasteiger partial charge in [-0.05, 0) is 44.9 Å². The summed E-state index contributed by atoms with van der Waals surface area (Å²) in [6, 6.07) is 0. The molecular formula is C24H44O2. The molecule has 0 aliphatic heterocycles. The molecule has 0 aromatic carbocycles. The van der Waals surface area contributed by atoms with E-state index in [1.165, 1.54) is 96.3 Å². The van der Waals surface area contributed by atoms with E-state index >= 15 is 0 Å². The molecule has 0 unspecified atom stereocenters. The summed E-state index contributed by atoms with van der Waals surface area (Å²) in [6.07, 6.45) is 31.2. The minimum absolute atomic E-state index is 0.248. The summed E-state index contributed by atoms with van der Waals surface area (Å²) < 4.78 is 0. The first-order valence-corrected chi connectivity index (χ1v) is 11.3. The summed E-state index contributed by atoms with van der Waals surface area (Å²) in [6.45, 7) is 2.28. The number of allylic oxidation sites excluding steroid dienone is 4. The molecule has 26 heavy (non-hydrogen) atoms. The predicted octanol–water partition coefficient (Wildman–Crippen LogP) is 8.23. The van der Waals surface area contributed by atoms with Crippen molar-refractivity contribution in [2.75, 3.05) is 0 Å². The molecule has 0 spiro atoms. The van der Waals surface area contributed by atoms with Gasteiger partial charge in [-0.25, -0.2) is 0 Å². The summed E-state index contributed by atoms with van der Waals surface area (Å²) in [7, 11) is 0. The maximum Gasteiger partial charge on any atom is 0.303 e. The second kappa shape index (κ2) is 22.0. The van der Waals surface area contributed by atoms with E-state index in [4.69, 9.17) is 5.11 Å². The second-order valence-electron chi connectivity index (χ2n) is 7.48. The molecule has 0 bridgehead atoms. The molecule has 1 N–H and O–H groups in total. The zero-order chi connectivity index (χ0) is 19.1. The molecular weight excluding hydrogens is 320 g/mol. The number of unbranched alkanes of at least 4 members (excludes halogenated alkanes) is 14. The number of hydrogen-bond donors (Lipinski definition) is 1. The molecule has 0 aromatic rings. The molecule has 0 radical (unpaired) electrons. The van der Waals surface area contributed by atoms with Crippen molar-refractivity contribution in [2.24, 2.45) is 0 Å². The fraction of sp³-hybridized carbons (Fsp3) is 0.792. The number of carbonyl (C=O) groups is 1. The summed E-state index contributed by atoms with van der Waals surface area (Å²) in [5, 5.41) is 8.53. The summed E-state index contributed by atoms with van der Waals surface area (Å²) in [5.41, 5.74) is 0. The van der Waals surface area contributed by atoms with Crippen LogP contribution in [0.25, 0.3) is 0 Å². The fourth-order valence-electron chi connectivity index (χ4n) is 3.13. The fourth-order valence-corrected chi connectivity index (χ4v) is 3.13. The van der Waals surface area contributed by atoms with E-state index in [0.29, 0.717) is 6.42 Å². The Bertz CT molecular complexity index is 344. The smallest absolute Gasteiger partial charge is 0.303 e. The van der Waals surface area contributed by atoms with Crippen molar-refractivity contribution in [3.05, 3.63) is 24.3 Å². The first-order chi connectivity index (χ1) is 12.8. The Morgan fingerprint density at radius 2 is 0.923 bits per heavy atom. The molecule has 2 nitrogen and oxygen atoms in total. The molecule has 0 aromatic heterocycles. The average Bonchev–Trinajstić information content (AvgIpc) is 2.62. The molecule has 0 saturated heterocycles. The SMILES string of the molecule is CCCCCCCCCCCCC/C=C/CCCC/C=C/CCC(=O)O. The van der Waals surface area contributed by atoms with E-state index in [1.807, 2.05) is 6.08 Å². The molecule has 0 saturated carbocycles. The van der Waals surface area contributed by atoms with Crippen molar-refractivity contribution in [3.8, 4) is 0 Å². The van der Waals surface area contributed by atoms with Crippen molar-refractivity contribution < 1.29 is 9.90 Å². The molecule has 2 heteroatoms. The van der Waals surface area contributed by atoms with Gasteiger partial charge in [0, 0.05) is 6.42 Å². The molecule has 0 amide bonds. The van der Waals surface area contributed by atoms with Crippen molar-refractivity contribution in [2.45, 2.75) is 122 Å². The Morgan fingerprint density at radius 3 is 1.35 bits per heavy atom. The maximum atomic E-state index is 10.4. The minimum Gasteiger partial charge on any atom is -0.481 e. The molecule has 0 rings (SSSR count). The highest BCUT2D eigenvalue weighted by Crippen LogP contribution is 2.12. The van der Waals surface area contributed by atoms with Crippen LogP contribution in [0.4, 0.5) is 0 Å². The lowest BCUT2D eigenvalue weighted by Crippen LogP contribution is -1.91. The second-order valence-corrected chi connectivity index (χ2v) is 7.48. The van der Waals surface area contributed by atoms with E-state index in [0.717, 1.165) is 6.42 Å². The third-order valence-corrected chi connectivity index (χ3v) is 4.82. The van der Waals surface area contributed by atoms with Crippen molar-refractivity contribution >= 4 is 5.97 Å². The summed E-state index contributed by atoms with van der Waals surface area (Å²) in [4.78, 5) is 10.4. The number of carboxylic acids is 1. The Morgan fingerprint density at radius 1 is 0.577 bits per heavy atom. The van der Waals surface area contributed by atoms with Crippen molar-refractivity contribution in [1.29, 1.82) is 0 Å². The van der Waals surface area contributed by atoms with Gasteiger partial charge in [0.05, 0.1) is 0 Å². The van der Waals surface area contributed by atoms with Gasteiger partial charge in [0.2, 0.25) is 0 Å². The number of rotatable bonds is 20. The zero-order valence-corrected chi connectivity index (χ0v) is 17.4. The van der Waals surface area contributed by atoms with Gasteiger partial charge in [-0.1, -0.05) is 95.4 Å². The quantitative estimate of drug-likeness (QED) is 0.174. The lowest BCUT2D eigenvalue weighted by Gasteiger charge is -2.01. The van der Waals surface area contributed by atoms with E-state index in [-0.39, 0.29) is 6.42 Å². The Balaban J connectivity index is 3.14. The van der Waals surface area contributed by atoms with Gasteiger partial charge in [-0.3, -0.25) is 4.79 Å². The van der Waals surface area contributed by atoms with E-state index in [9.17, 15) is 4.79 Å². The molecule has 0 atom stereocenters. The van der Waals surface area contributed by atoms with Gasteiger partial charge >= 0.3 is 5.97 Å². The Labute approximate surface area is 163 Å². The highest BCUT2D eigenvalue weighted by Gasteiger charge is 1.93. The third kappa shape index (κ3) is 22.9. The van der Waals surface area contributed by atoms with Crippen molar-refractivity contribution in [3.63, 3.8) is 0 Å². The maximum absolute atomic E-state index is 10.4. The van der Waals surface area contributed by atoms with Crippen LogP contribution in [0.15, 0.2) is 24.3 Å². The lowest BCUT2D eigenvalue weighted by molar-refractivity contribution is -0.136. The van der Waals surface area contributed by atoms with Crippen LogP contribution in [0, 0.1) is 0 Å². The standard InChI is InChI=1S/C24H44O2/c1-2-3-4-5-6-7-8-9-10-11-12-13-14-15-16-17-18-19-20-21-22-23-24(25)26/h14-15,20-21H,2-13,16-19,22-23H2,1H3,(H,25,26)/b15-14+,21-20+. The third-order valence-electron chi connectivity index (χ3n) is 4.82. The van der Waals surface area contributed by atoms with E-state index < -0.39 is 5.97 Å². The van der Waals surface area contributed by atoms with Crippen LogP contribution in [0.2, 0.25) is 0 Å². The minimum atomic E-state index is -0.711. The monoisotopic (exact) mass is 364 g/mol. The highest BCUT2D eigenvalue weighted by atomic mass is 16.4.